The Morgan fingerprint density at radius 3 is 2.57 bits per heavy atom. The van der Waals surface area contributed by atoms with Gasteiger partial charge in [-0.1, -0.05) is 24.3 Å². The van der Waals surface area contributed by atoms with Gasteiger partial charge in [-0.2, -0.15) is 0 Å². The van der Waals surface area contributed by atoms with Crippen molar-refractivity contribution < 1.29 is 8.42 Å². The van der Waals surface area contributed by atoms with Gasteiger partial charge in [0, 0.05) is 43.4 Å². The monoisotopic (exact) mass is 415 g/mol. The van der Waals surface area contributed by atoms with Crippen molar-refractivity contribution in [3.63, 3.8) is 0 Å². The first kappa shape index (κ1) is 19.4. The first-order valence-electron chi connectivity index (χ1n) is 9.42. The summed E-state index contributed by atoms with van der Waals surface area (Å²) in [7, 11) is -1.49. The zero-order valence-electron chi connectivity index (χ0n) is 16.1. The van der Waals surface area contributed by atoms with Crippen LogP contribution in [-0.2, 0) is 30.0 Å². The Labute approximate surface area is 170 Å². The van der Waals surface area contributed by atoms with E-state index >= 15 is 0 Å². The number of aromatic nitrogens is 1. The van der Waals surface area contributed by atoms with E-state index < -0.39 is 10.0 Å². The second-order valence-corrected chi connectivity index (χ2v) is 10.5. The SMILES string of the molecule is Cc1ccc(S(=O)(=O)NC[C@@H](c2cccn2C)N2CCc3ccccc3C2)s1. The number of aryl methyl sites for hydroxylation is 2. The first-order valence-corrected chi connectivity index (χ1v) is 11.7. The van der Waals surface area contributed by atoms with E-state index in [9.17, 15) is 8.42 Å². The summed E-state index contributed by atoms with van der Waals surface area (Å²) in [6.07, 6.45) is 2.99. The molecule has 0 saturated carbocycles. The van der Waals surface area contributed by atoms with E-state index in [4.69, 9.17) is 0 Å². The molecule has 4 rings (SSSR count). The quantitative estimate of drug-likeness (QED) is 0.671. The lowest BCUT2D eigenvalue weighted by Gasteiger charge is -2.36. The topological polar surface area (TPSA) is 54.3 Å². The highest BCUT2D eigenvalue weighted by atomic mass is 32.2. The van der Waals surface area contributed by atoms with E-state index in [2.05, 4.69) is 44.5 Å². The minimum Gasteiger partial charge on any atom is -0.353 e. The number of rotatable bonds is 6. The number of fused-ring (bicyclic) bond motifs is 1. The molecule has 3 heterocycles. The Morgan fingerprint density at radius 2 is 1.89 bits per heavy atom. The highest BCUT2D eigenvalue weighted by molar-refractivity contribution is 7.91. The molecule has 0 radical (unpaired) electrons. The van der Waals surface area contributed by atoms with Crippen molar-refractivity contribution in [2.24, 2.45) is 7.05 Å². The lowest BCUT2D eigenvalue weighted by Crippen LogP contribution is -2.41. The van der Waals surface area contributed by atoms with Crippen LogP contribution in [0.25, 0.3) is 0 Å². The number of thiophene rings is 1. The maximum absolute atomic E-state index is 12.8. The third-order valence-corrected chi connectivity index (χ3v) is 8.29. The van der Waals surface area contributed by atoms with Crippen LogP contribution in [0.1, 0.15) is 27.7 Å². The van der Waals surface area contributed by atoms with Gasteiger partial charge in [0.05, 0.1) is 6.04 Å². The molecule has 1 aliphatic rings. The molecule has 1 aromatic carbocycles. The van der Waals surface area contributed by atoms with Crippen molar-refractivity contribution in [2.75, 3.05) is 13.1 Å². The largest absolute Gasteiger partial charge is 0.353 e. The maximum atomic E-state index is 12.8. The molecule has 0 amide bonds. The number of hydrogen-bond donors (Lipinski definition) is 1. The average Bonchev–Trinajstić information content (AvgIpc) is 3.31. The van der Waals surface area contributed by atoms with Gasteiger partial charge in [-0.25, -0.2) is 13.1 Å². The van der Waals surface area contributed by atoms with Gasteiger partial charge in [-0.05, 0) is 48.7 Å². The Morgan fingerprint density at radius 1 is 1.11 bits per heavy atom. The van der Waals surface area contributed by atoms with Crippen molar-refractivity contribution in [1.82, 2.24) is 14.2 Å². The molecule has 1 N–H and O–H groups in total. The van der Waals surface area contributed by atoms with E-state index in [0.717, 1.165) is 30.1 Å². The Bertz CT molecular complexity index is 1070. The lowest BCUT2D eigenvalue weighted by atomic mass is 9.98. The Balaban J connectivity index is 1.58. The molecule has 3 aromatic rings. The van der Waals surface area contributed by atoms with Crippen molar-refractivity contribution >= 4 is 21.4 Å². The van der Waals surface area contributed by atoms with Gasteiger partial charge >= 0.3 is 0 Å². The van der Waals surface area contributed by atoms with Crippen LogP contribution < -0.4 is 4.72 Å². The highest BCUT2D eigenvalue weighted by Crippen LogP contribution is 2.28. The molecule has 0 aliphatic carbocycles. The van der Waals surface area contributed by atoms with Gasteiger partial charge in [0.1, 0.15) is 4.21 Å². The summed E-state index contributed by atoms with van der Waals surface area (Å²) in [5.41, 5.74) is 3.83. The van der Waals surface area contributed by atoms with E-state index in [1.54, 1.807) is 6.07 Å². The van der Waals surface area contributed by atoms with Crippen molar-refractivity contribution in [3.8, 4) is 0 Å². The fourth-order valence-electron chi connectivity index (χ4n) is 3.84. The van der Waals surface area contributed by atoms with Gasteiger partial charge in [0.15, 0.2) is 0 Å². The summed E-state index contributed by atoms with van der Waals surface area (Å²) in [6.45, 7) is 4.00. The van der Waals surface area contributed by atoms with Crippen LogP contribution in [-0.4, -0.2) is 31.0 Å². The molecular weight excluding hydrogens is 390 g/mol. The summed E-state index contributed by atoms with van der Waals surface area (Å²) in [6, 6.07) is 16.1. The fraction of sp³-hybridized carbons (Fsp3) is 0.333. The Kier molecular flexibility index (Phi) is 5.42. The summed E-state index contributed by atoms with van der Waals surface area (Å²) in [4.78, 5) is 3.37. The van der Waals surface area contributed by atoms with Gasteiger partial charge in [0.25, 0.3) is 0 Å². The Hall–Kier alpha value is -1.93. The van der Waals surface area contributed by atoms with Gasteiger partial charge in [0.2, 0.25) is 10.0 Å². The average molecular weight is 416 g/mol. The van der Waals surface area contributed by atoms with Gasteiger partial charge in [-0.15, -0.1) is 11.3 Å². The van der Waals surface area contributed by atoms with Crippen LogP contribution in [0.2, 0.25) is 0 Å². The summed E-state index contributed by atoms with van der Waals surface area (Å²) < 4.78 is 30.8. The molecule has 2 aromatic heterocycles. The van der Waals surface area contributed by atoms with Crippen LogP contribution in [0.4, 0.5) is 0 Å². The number of benzene rings is 1. The first-order chi connectivity index (χ1) is 13.4. The second kappa shape index (κ2) is 7.83. The summed E-state index contributed by atoms with van der Waals surface area (Å²) in [5, 5.41) is 0. The highest BCUT2D eigenvalue weighted by Gasteiger charge is 2.28. The van der Waals surface area contributed by atoms with E-state index in [1.165, 1.54) is 22.5 Å². The minimum atomic E-state index is -3.51. The van der Waals surface area contributed by atoms with Gasteiger partial charge in [-0.3, -0.25) is 4.90 Å². The molecule has 148 valence electrons. The third kappa shape index (κ3) is 3.93. The molecule has 0 bridgehead atoms. The molecular formula is C21H25N3O2S2. The number of hydrogen-bond acceptors (Lipinski definition) is 4. The van der Waals surface area contributed by atoms with Crippen LogP contribution in [0, 0.1) is 6.92 Å². The van der Waals surface area contributed by atoms with E-state index in [0.29, 0.717) is 10.8 Å². The molecule has 7 heteroatoms. The van der Waals surface area contributed by atoms with Crippen LogP contribution in [0.15, 0.2) is 58.9 Å². The van der Waals surface area contributed by atoms with E-state index in [-0.39, 0.29) is 6.04 Å². The van der Waals surface area contributed by atoms with E-state index in [1.807, 2.05) is 32.3 Å². The molecule has 0 unspecified atom stereocenters. The zero-order valence-corrected chi connectivity index (χ0v) is 17.8. The molecule has 1 atom stereocenters. The van der Waals surface area contributed by atoms with Crippen LogP contribution in [0.3, 0.4) is 0 Å². The molecule has 0 fully saturated rings. The van der Waals surface area contributed by atoms with Crippen molar-refractivity contribution in [1.29, 1.82) is 0 Å². The van der Waals surface area contributed by atoms with Crippen LogP contribution >= 0.6 is 11.3 Å². The predicted octanol–water partition coefficient (Wildman–Crippen LogP) is 3.47. The fourth-order valence-corrected chi connectivity index (χ4v) is 6.21. The molecule has 0 spiro atoms. The number of sulfonamides is 1. The summed E-state index contributed by atoms with van der Waals surface area (Å²) >= 11 is 1.30. The molecule has 1 aliphatic heterocycles. The third-order valence-electron chi connectivity index (χ3n) is 5.37. The van der Waals surface area contributed by atoms with Gasteiger partial charge < -0.3 is 4.57 Å². The zero-order chi connectivity index (χ0) is 19.7. The minimum absolute atomic E-state index is 0.0239. The van der Waals surface area contributed by atoms with Crippen LogP contribution in [0.5, 0.6) is 0 Å². The molecule has 0 saturated heterocycles. The van der Waals surface area contributed by atoms with Crippen molar-refractivity contribution in [3.05, 3.63) is 76.4 Å². The number of nitrogens with zero attached hydrogens (tertiary/aromatic N) is 2. The summed E-state index contributed by atoms with van der Waals surface area (Å²) in [5.74, 6) is 0. The molecule has 5 nitrogen and oxygen atoms in total. The number of nitrogens with one attached hydrogen (secondary N) is 1. The normalized spacial score (nSPS) is 16.1. The lowest BCUT2D eigenvalue weighted by molar-refractivity contribution is 0.174. The maximum Gasteiger partial charge on any atom is 0.250 e. The molecule has 28 heavy (non-hydrogen) atoms. The standard InChI is InChI=1S/C21H25N3O2S2/c1-16-9-10-21(27-16)28(25,26)22-14-20(19-8-5-12-23(19)2)24-13-11-17-6-3-4-7-18(17)15-24/h3-10,12,20,22H,11,13-15H2,1-2H3/t20-/m0/s1. The second-order valence-electron chi connectivity index (χ2n) is 7.27. The smallest absolute Gasteiger partial charge is 0.250 e. The predicted molar refractivity (Wildman–Crippen MR) is 113 cm³/mol. The van der Waals surface area contributed by atoms with Crippen molar-refractivity contribution in [2.45, 2.75) is 30.1 Å².